The van der Waals surface area contributed by atoms with E-state index < -0.39 is 5.41 Å². The summed E-state index contributed by atoms with van der Waals surface area (Å²) in [5.74, 6) is -0.0641. The molecule has 5 heteroatoms. The molecule has 5 nitrogen and oxygen atoms in total. The molecule has 1 amide bonds. The number of amides is 1. The molecule has 2 aliphatic rings. The van der Waals surface area contributed by atoms with E-state index in [-0.39, 0.29) is 17.9 Å². The van der Waals surface area contributed by atoms with Gasteiger partial charge >= 0.3 is 5.97 Å². The van der Waals surface area contributed by atoms with Crippen molar-refractivity contribution in [3.8, 4) is 0 Å². The summed E-state index contributed by atoms with van der Waals surface area (Å²) in [6.07, 6.45) is 3.47. The van der Waals surface area contributed by atoms with Crippen molar-refractivity contribution in [3.63, 3.8) is 0 Å². The predicted molar refractivity (Wildman–Crippen MR) is 96.0 cm³/mol. The number of rotatable bonds is 7. The lowest BCUT2D eigenvalue weighted by Crippen LogP contribution is -2.48. The second kappa shape index (κ2) is 7.56. The Morgan fingerprint density at radius 1 is 1.24 bits per heavy atom. The molecule has 0 spiro atoms. The summed E-state index contributed by atoms with van der Waals surface area (Å²) in [5, 5.41) is 2.88. The first-order chi connectivity index (χ1) is 12.1. The molecular formula is C20H28N2O3. The highest BCUT2D eigenvalue weighted by molar-refractivity contribution is 5.81. The molecule has 2 aliphatic heterocycles. The number of fused-ring (bicyclic) bond motifs is 2. The van der Waals surface area contributed by atoms with Gasteiger partial charge < -0.3 is 10.1 Å². The summed E-state index contributed by atoms with van der Waals surface area (Å²) in [4.78, 5) is 27.3. The van der Waals surface area contributed by atoms with Crippen LogP contribution in [0.3, 0.4) is 0 Å². The largest absolute Gasteiger partial charge is 0.466 e. The van der Waals surface area contributed by atoms with Crippen LogP contribution in [-0.2, 0) is 20.7 Å². The lowest BCUT2D eigenvalue weighted by molar-refractivity contribution is -0.157. The zero-order valence-corrected chi connectivity index (χ0v) is 15.2. The third kappa shape index (κ3) is 3.43. The number of likely N-dealkylation sites (N-methyl/N-ethyl adjacent to an activating group) is 1. The van der Waals surface area contributed by atoms with E-state index in [1.165, 1.54) is 0 Å². The number of carbonyl (C=O) groups excluding carboxylic acids is 2. The Labute approximate surface area is 149 Å². The van der Waals surface area contributed by atoms with Gasteiger partial charge in [-0.25, -0.2) is 0 Å². The standard InChI is InChI=1S/C20H28N2O3/c1-3-21-18(23)14-22-16-10-11-17(22)20(13-16,19(24)25-4-2)12-15-8-6-5-7-9-15/h5-9,16-17H,3-4,10-14H2,1-2H3,(H,21,23)/t16-,17+,20+/m1/s1. The van der Waals surface area contributed by atoms with Crippen LogP contribution in [0.5, 0.6) is 0 Å². The number of nitrogens with zero attached hydrogens (tertiary/aromatic N) is 1. The fourth-order valence-corrected chi connectivity index (χ4v) is 4.68. The number of benzene rings is 1. The minimum atomic E-state index is -0.535. The molecule has 25 heavy (non-hydrogen) atoms. The van der Waals surface area contributed by atoms with Crippen molar-refractivity contribution >= 4 is 11.9 Å². The normalized spacial score (nSPS) is 28.1. The zero-order valence-electron chi connectivity index (χ0n) is 15.2. The van der Waals surface area contributed by atoms with Gasteiger partial charge in [-0.3, -0.25) is 14.5 Å². The number of esters is 1. The summed E-state index contributed by atoms with van der Waals surface area (Å²) in [6.45, 7) is 5.18. The molecule has 136 valence electrons. The number of hydrogen-bond donors (Lipinski definition) is 1. The van der Waals surface area contributed by atoms with E-state index >= 15 is 0 Å². The van der Waals surface area contributed by atoms with Gasteiger partial charge in [-0.1, -0.05) is 30.3 Å². The van der Waals surface area contributed by atoms with Crippen LogP contribution in [0.1, 0.15) is 38.7 Å². The molecular weight excluding hydrogens is 316 g/mol. The molecule has 0 aliphatic carbocycles. The Balaban J connectivity index is 1.85. The van der Waals surface area contributed by atoms with Crippen molar-refractivity contribution in [2.24, 2.45) is 5.41 Å². The Kier molecular flexibility index (Phi) is 5.42. The number of nitrogens with one attached hydrogen (secondary N) is 1. The van der Waals surface area contributed by atoms with E-state index in [1.807, 2.05) is 32.0 Å². The van der Waals surface area contributed by atoms with Gasteiger partial charge in [0.1, 0.15) is 0 Å². The molecule has 0 unspecified atom stereocenters. The SMILES string of the molecule is CCNC(=O)CN1[C@@H]2CC[C@H]1[C@@](Cc1ccccc1)(C(=O)OCC)C2. The molecule has 2 heterocycles. The zero-order chi connectivity index (χ0) is 17.9. The van der Waals surface area contributed by atoms with Crippen LogP contribution in [0.2, 0.25) is 0 Å². The second-order valence-corrected chi connectivity index (χ2v) is 7.12. The van der Waals surface area contributed by atoms with Crippen molar-refractivity contribution < 1.29 is 14.3 Å². The second-order valence-electron chi connectivity index (χ2n) is 7.12. The van der Waals surface area contributed by atoms with E-state index in [2.05, 4.69) is 22.3 Å². The smallest absolute Gasteiger partial charge is 0.314 e. The summed E-state index contributed by atoms with van der Waals surface area (Å²) < 4.78 is 5.49. The van der Waals surface area contributed by atoms with Crippen LogP contribution in [0.4, 0.5) is 0 Å². The maximum absolute atomic E-state index is 13.0. The van der Waals surface area contributed by atoms with Crippen molar-refractivity contribution in [2.75, 3.05) is 19.7 Å². The molecule has 3 atom stereocenters. The molecule has 0 radical (unpaired) electrons. The topological polar surface area (TPSA) is 58.6 Å². The fourth-order valence-electron chi connectivity index (χ4n) is 4.68. The van der Waals surface area contributed by atoms with Gasteiger partial charge in [0, 0.05) is 18.6 Å². The van der Waals surface area contributed by atoms with E-state index in [9.17, 15) is 9.59 Å². The molecule has 2 bridgehead atoms. The van der Waals surface area contributed by atoms with Crippen molar-refractivity contribution in [1.29, 1.82) is 0 Å². The Hall–Kier alpha value is -1.88. The molecule has 3 rings (SSSR count). The molecule has 2 saturated heterocycles. The average molecular weight is 344 g/mol. The van der Waals surface area contributed by atoms with E-state index in [0.717, 1.165) is 24.8 Å². The predicted octanol–water partition coefficient (Wildman–Crippen LogP) is 2.15. The first-order valence-electron chi connectivity index (χ1n) is 9.34. The molecule has 1 aromatic carbocycles. The highest BCUT2D eigenvalue weighted by Crippen LogP contribution is 2.52. The van der Waals surface area contributed by atoms with E-state index in [0.29, 0.717) is 32.2 Å². The molecule has 1 aromatic rings. The molecule has 0 aromatic heterocycles. The van der Waals surface area contributed by atoms with Gasteiger partial charge in [0.15, 0.2) is 0 Å². The van der Waals surface area contributed by atoms with Crippen molar-refractivity contribution in [2.45, 2.75) is 51.6 Å². The van der Waals surface area contributed by atoms with Crippen LogP contribution in [0.15, 0.2) is 30.3 Å². The number of hydrogen-bond acceptors (Lipinski definition) is 4. The minimum absolute atomic E-state index is 0.0405. The highest BCUT2D eigenvalue weighted by Gasteiger charge is 2.60. The van der Waals surface area contributed by atoms with Crippen molar-refractivity contribution in [1.82, 2.24) is 10.2 Å². The Bertz CT molecular complexity index is 619. The van der Waals surface area contributed by atoms with E-state index in [1.54, 1.807) is 0 Å². The van der Waals surface area contributed by atoms with Gasteiger partial charge in [0.05, 0.1) is 18.6 Å². The van der Waals surface area contributed by atoms with Crippen LogP contribution < -0.4 is 5.32 Å². The summed E-state index contributed by atoms with van der Waals surface area (Å²) in [7, 11) is 0. The minimum Gasteiger partial charge on any atom is -0.466 e. The molecule has 1 N–H and O–H groups in total. The number of ether oxygens (including phenoxy) is 1. The van der Waals surface area contributed by atoms with Crippen molar-refractivity contribution in [3.05, 3.63) is 35.9 Å². The first kappa shape index (κ1) is 17.9. The summed E-state index contributed by atoms with van der Waals surface area (Å²) >= 11 is 0. The molecule has 0 saturated carbocycles. The van der Waals surface area contributed by atoms with Gasteiger partial charge in [-0.05, 0) is 45.1 Å². The van der Waals surface area contributed by atoms with Gasteiger partial charge in [0.25, 0.3) is 0 Å². The Morgan fingerprint density at radius 3 is 2.68 bits per heavy atom. The van der Waals surface area contributed by atoms with Gasteiger partial charge in [-0.2, -0.15) is 0 Å². The monoisotopic (exact) mass is 344 g/mol. The highest BCUT2D eigenvalue weighted by atomic mass is 16.5. The van der Waals surface area contributed by atoms with Crippen LogP contribution in [-0.4, -0.2) is 48.6 Å². The lowest BCUT2D eigenvalue weighted by atomic mass is 9.70. The summed E-state index contributed by atoms with van der Waals surface area (Å²) in [6, 6.07) is 10.5. The van der Waals surface area contributed by atoms with Crippen LogP contribution >= 0.6 is 0 Å². The number of carbonyl (C=O) groups is 2. The maximum Gasteiger partial charge on any atom is 0.314 e. The maximum atomic E-state index is 13.0. The quantitative estimate of drug-likeness (QED) is 0.770. The average Bonchev–Trinajstić information content (AvgIpc) is 3.11. The van der Waals surface area contributed by atoms with Crippen LogP contribution in [0, 0.1) is 5.41 Å². The Morgan fingerprint density at radius 2 is 2.00 bits per heavy atom. The first-order valence-corrected chi connectivity index (χ1v) is 9.34. The van der Waals surface area contributed by atoms with Gasteiger partial charge in [-0.15, -0.1) is 0 Å². The van der Waals surface area contributed by atoms with E-state index in [4.69, 9.17) is 4.74 Å². The summed E-state index contributed by atoms with van der Waals surface area (Å²) in [5.41, 5.74) is 0.619. The molecule has 2 fully saturated rings. The third-order valence-corrected chi connectivity index (χ3v) is 5.62. The lowest BCUT2D eigenvalue weighted by Gasteiger charge is -2.35. The van der Waals surface area contributed by atoms with Gasteiger partial charge in [0.2, 0.25) is 5.91 Å². The van der Waals surface area contributed by atoms with Crippen LogP contribution in [0.25, 0.3) is 0 Å². The third-order valence-electron chi connectivity index (χ3n) is 5.62. The fraction of sp³-hybridized carbons (Fsp3) is 0.600.